The van der Waals surface area contributed by atoms with Crippen molar-refractivity contribution in [3.05, 3.63) is 69.3 Å². The largest absolute Gasteiger partial charge is 0.380 e. The minimum Gasteiger partial charge on any atom is -0.380 e. The Kier molecular flexibility index (Phi) is 3.96. The van der Waals surface area contributed by atoms with E-state index in [1.165, 1.54) is 6.07 Å². The van der Waals surface area contributed by atoms with Crippen molar-refractivity contribution in [2.45, 2.75) is 13.5 Å². The third-order valence-corrected chi connectivity index (χ3v) is 3.13. The van der Waals surface area contributed by atoms with Gasteiger partial charge >= 0.3 is 0 Å². The van der Waals surface area contributed by atoms with E-state index in [0.29, 0.717) is 17.7 Å². The maximum atomic E-state index is 10.9. The third-order valence-electron chi connectivity index (χ3n) is 3.13. The van der Waals surface area contributed by atoms with Crippen molar-refractivity contribution in [3.63, 3.8) is 0 Å². The predicted octanol–water partition coefficient (Wildman–Crippen LogP) is 3.39. The van der Waals surface area contributed by atoms with E-state index >= 15 is 0 Å². The second kappa shape index (κ2) is 5.85. The molecule has 20 heavy (non-hydrogen) atoms. The van der Waals surface area contributed by atoms with Crippen LogP contribution in [-0.2, 0) is 6.54 Å². The van der Waals surface area contributed by atoms with Crippen LogP contribution < -0.4 is 5.32 Å². The van der Waals surface area contributed by atoms with Gasteiger partial charge in [0.25, 0.3) is 5.69 Å². The van der Waals surface area contributed by atoms with Crippen molar-refractivity contribution in [3.8, 4) is 6.07 Å². The predicted molar refractivity (Wildman–Crippen MR) is 76.3 cm³/mol. The lowest BCUT2D eigenvalue weighted by Gasteiger charge is -2.10. The van der Waals surface area contributed by atoms with Crippen LogP contribution in [0, 0.1) is 28.4 Å². The van der Waals surface area contributed by atoms with Crippen LogP contribution in [0.3, 0.4) is 0 Å². The van der Waals surface area contributed by atoms with E-state index in [2.05, 4.69) is 11.4 Å². The van der Waals surface area contributed by atoms with Crippen LogP contribution in [0.5, 0.6) is 0 Å². The monoisotopic (exact) mass is 267 g/mol. The van der Waals surface area contributed by atoms with Gasteiger partial charge in [0.2, 0.25) is 0 Å². The number of anilines is 1. The normalized spacial score (nSPS) is 9.80. The fraction of sp³-hybridized carbons (Fsp3) is 0.133. The Labute approximate surface area is 116 Å². The molecule has 0 bridgehead atoms. The molecule has 0 amide bonds. The number of nitro benzene ring substituents is 1. The topological polar surface area (TPSA) is 79.0 Å². The molecule has 5 nitrogen and oxygen atoms in total. The Morgan fingerprint density at radius 3 is 2.70 bits per heavy atom. The van der Waals surface area contributed by atoms with Crippen LogP contribution in [0.25, 0.3) is 0 Å². The molecule has 0 saturated heterocycles. The molecule has 2 aromatic rings. The van der Waals surface area contributed by atoms with Crippen LogP contribution in [0.1, 0.15) is 16.7 Å². The molecular weight excluding hydrogens is 254 g/mol. The van der Waals surface area contributed by atoms with Crippen molar-refractivity contribution in [1.82, 2.24) is 0 Å². The Bertz CT molecular complexity index is 690. The summed E-state index contributed by atoms with van der Waals surface area (Å²) < 4.78 is 0. The highest BCUT2D eigenvalue weighted by atomic mass is 16.6. The van der Waals surface area contributed by atoms with E-state index in [1.54, 1.807) is 25.1 Å². The molecule has 0 aliphatic carbocycles. The van der Waals surface area contributed by atoms with Crippen LogP contribution in [0.15, 0.2) is 42.5 Å². The van der Waals surface area contributed by atoms with Crippen LogP contribution >= 0.6 is 0 Å². The zero-order valence-corrected chi connectivity index (χ0v) is 11.0. The first-order chi connectivity index (χ1) is 9.63. The minimum atomic E-state index is -0.387. The average molecular weight is 267 g/mol. The molecule has 5 heteroatoms. The number of hydrogen-bond donors (Lipinski definition) is 1. The highest BCUT2D eigenvalue weighted by molar-refractivity contribution is 5.57. The third kappa shape index (κ3) is 2.75. The maximum absolute atomic E-state index is 10.9. The molecule has 0 aromatic heterocycles. The summed E-state index contributed by atoms with van der Waals surface area (Å²) in [7, 11) is 0. The van der Waals surface area contributed by atoms with Crippen LogP contribution in [-0.4, -0.2) is 4.92 Å². The number of nitriles is 1. The lowest BCUT2D eigenvalue weighted by molar-refractivity contribution is -0.385. The molecule has 2 rings (SSSR count). The van der Waals surface area contributed by atoms with Gasteiger partial charge in [-0.1, -0.05) is 24.3 Å². The van der Waals surface area contributed by atoms with Gasteiger partial charge in [0.1, 0.15) is 6.07 Å². The molecule has 0 saturated carbocycles. The summed E-state index contributed by atoms with van der Waals surface area (Å²) in [6.45, 7) is 2.16. The van der Waals surface area contributed by atoms with Gasteiger partial charge in [-0.2, -0.15) is 5.26 Å². The lowest BCUT2D eigenvalue weighted by atomic mass is 10.1. The van der Waals surface area contributed by atoms with Gasteiger partial charge in [0.05, 0.1) is 16.2 Å². The number of para-hydroxylation sites is 1. The molecule has 1 N–H and O–H groups in total. The van der Waals surface area contributed by atoms with E-state index in [0.717, 1.165) is 11.3 Å². The quantitative estimate of drug-likeness (QED) is 0.680. The van der Waals surface area contributed by atoms with Gasteiger partial charge in [0, 0.05) is 18.2 Å². The molecule has 0 unspecified atom stereocenters. The number of nitrogens with one attached hydrogen (secondary N) is 1. The molecule has 0 radical (unpaired) electrons. The molecule has 0 spiro atoms. The first kappa shape index (κ1) is 13.6. The zero-order valence-electron chi connectivity index (χ0n) is 11.0. The Hall–Kier alpha value is -2.87. The first-order valence-corrected chi connectivity index (χ1v) is 6.09. The van der Waals surface area contributed by atoms with Gasteiger partial charge in [0.15, 0.2) is 0 Å². The Balaban J connectivity index is 2.22. The number of nitrogens with zero attached hydrogens (tertiary/aromatic N) is 2. The SMILES string of the molecule is Cc1c(CNc2ccccc2C#N)cccc1[N+](=O)[O-]. The smallest absolute Gasteiger partial charge is 0.272 e. The molecule has 0 heterocycles. The second-order valence-electron chi connectivity index (χ2n) is 4.33. The fourth-order valence-corrected chi connectivity index (χ4v) is 1.98. The minimum absolute atomic E-state index is 0.109. The summed E-state index contributed by atoms with van der Waals surface area (Å²) in [6.07, 6.45) is 0. The first-order valence-electron chi connectivity index (χ1n) is 6.09. The van der Waals surface area contributed by atoms with Crippen LogP contribution in [0.2, 0.25) is 0 Å². The van der Waals surface area contributed by atoms with Gasteiger partial charge in [-0.05, 0) is 24.6 Å². The highest BCUT2D eigenvalue weighted by Crippen LogP contribution is 2.22. The van der Waals surface area contributed by atoms with Crippen molar-refractivity contribution < 1.29 is 4.92 Å². The Morgan fingerprint density at radius 1 is 1.25 bits per heavy atom. The summed E-state index contributed by atoms with van der Waals surface area (Å²) in [4.78, 5) is 10.5. The Morgan fingerprint density at radius 2 is 2.00 bits per heavy atom. The molecular formula is C15H13N3O2. The van der Waals surface area contributed by atoms with Gasteiger partial charge in [-0.25, -0.2) is 0 Å². The number of benzene rings is 2. The van der Waals surface area contributed by atoms with E-state index in [4.69, 9.17) is 5.26 Å². The van der Waals surface area contributed by atoms with E-state index in [1.807, 2.05) is 18.2 Å². The number of hydrogen-bond acceptors (Lipinski definition) is 4. The summed E-state index contributed by atoms with van der Waals surface area (Å²) in [5.41, 5.74) is 2.86. The van der Waals surface area contributed by atoms with Gasteiger partial charge < -0.3 is 5.32 Å². The van der Waals surface area contributed by atoms with Crippen molar-refractivity contribution in [2.24, 2.45) is 0 Å². The lowest BCUT2D eigenvalue weighted by Crippen LogP contribution is -2.04. The fourth-order valence-electron chi connectivity index (χ4n) is 1.98. The summed E-state index contributed by atoms with van der Waals surface area (Å²) in [5, 5.41) is 23.0. The van der Waals surface area contributed by atoms with Crippen LogP contribution in [0.4, 0.5) is 11.4 Å². The number of rotatable bonds is 4. The van der Waals surface area contributed by atoms with Gasteiger partial charge in [-0.15, -0.1) is 0 Å². The van der Waals surface area contributed by atoms with Gasteiger partial charge in [-0.3, -0.25) is 10.1 Å². The van der Waals surface area contributed by atoms with E-state index in [-0.39, 0.29) is 10.6 Å². The van der Waals surface area contributed by atoms with E-state index in [9.17, 15) is 10.1 Å². The molecule has 2 aromatic carbocycles. The summed E-state index contributed by atoms with van der Waals surface area (Å²) in [6, 6.07) is 14.3. The maximum Gasteiger partial charge on any atom is 0.272 e. The van der Waals surface area contributed by atoms with Crippen molar-refractivity contribution in [2.75, 3.05) is 5.32 Å². The van der Waals surface area contributed by atoms with E-state index < -0.39 is 0 Å². The average Bonchev–Trinajstić information content (AvgIpc) is 2.46. The summed E-state index contributed by atoms with van der Waals surface area (Å²) in [5.74, 6) is 0. The standard InChI is InChI=1S/C15H13N3O2/c1-11-13(6-4-8-15(11)18(19)20)10-17-14-7-3-2-5-12(14)9-16/h2-8,17H,10H2,1H3. The number of nitro groups is 1. The molecule has 0 aliphatic rings. The highest BCUT2D eigenvalue weighted by Gasteiger charge is 2.13. The van der Waals surface area contributed by atoms with Crippen molar-refractivity contribution >= 4 is 11.4 Å². The molecule has 0 aliphatic heterocycles. The molecule has 0 fully saturated rings. The summed E-state index contributed by atoms with van der Waals surface area (Å²) >= 11 is 0. The molecule has 100 valence electrons. The zero-order chi connectivity index (χ0) is 14.5. The second-order valence-corrected chi connectivity index (χ2v) is 4.33. The molecule has 0 atom stereocenters. The van der Waals surface area contributed by atoms with Crippen molar-refractivity contribution in [1.29, 1.82) is 5.26 Å².